The van der Waals surface area contributed by atoms with E-state index in [0.717, 1.165) is 0 Å². The summed E-state index contributed by atoms with van der Waals surface area (Å²) in [6.45, 7) is 28.2. The Morgan fingerprint density at radius 3 is 2.35 bits per heavy atom. The summed E-state index contributed by atoms with van der Waals surface area (Å²) in [7, 11) is -4.26. The summed E-state index contributed by atoms with van der Waals surface area (Å²) in [6.07, 6.45) is 0.895. The molecule has 3 aliphatic heterocycles. The molecule has 2 amide bonds. The van der Waals surface area contributed by atoms with Crippen molar-refractivity contribution in [2.24, 2.45) is 5.41 Å². The fourth-order valence-electron chi connectivity index (χ4n) is 5.69. The number of carbonyl (C=O) groups is 1. The number of amides is 2. The van der Waals surface area contributed by atoms with Gasteiger partial charge in [-0.1, -0.05) is 61.5 Å². The molecule has 3 aliphatic rings. The number of thiol groups is 1. The summed E-state index contributed by atoms with van der Waals surface area (Å²) in [5.41, 5.74) is -0.0573. The topological polar surface area (TPSA) is 153 Å². The summed E-state index contributed by atoms with van der Waals surface area (Å²) in [6, 6.07) is 5.00. The van der Waals surface area contributed by atoms with E-state index in [2.05, 4.69) is 115 Å². The Morgan fingerprint density at radius 2 is 1.71 bits per heavy atom. The van der Waals surface area contributed by atoms with Gasteiger partial charge in [-0.3, -0.25) is 4.57 Å². The maximum Gasteiger partial charge on any atom is 0.351 e. The maximum absolute atomic E-state index is 13.6. The molecule has 55 heavy (non-hydrogen) atoms. The van der Waals surface area contributed by atoms with Crippen molar-refractivity contribution in [3.8, 4) is 17.2 Å². The second-order valence-electron chi connectivity index (χ2n) is 18.6. The summed E-state index contributed by atoms with van der Waals surface area (Å²) in [5, 5.41) is 8.84. The molecule has 2 aromatic rings. The zero-order valence-corrected chi connectivity index (χ0v) is 37.6. The molecule has 0 bridgehead atoms. The number of anilines is 2. The Balaban J connectivity index is 1.22. The molecule has 1 aromatic heterocycles. The monoisotopic (exact) mass is 821 g/mol. The van der Waals surface area contributed by atoms with Crippen LogP contribution >= 0.6 is 12.6 Å². The van der Waals surface area contributed by atoms with Crippen LogP contribution in [0.25, 0.3) is 0 Å². The molecule has 0 saturated carbocycles. The second-order valence-corrected chi connectivity index (χ2v) is 28.5. The number of para-hydroxylation sites is 1. The van der Waals surface area contributed by atoms with Crippen LogP contribution in [0.3, 0.4) is 0 Å². The highest BCUT2D eigenvalue weighted by molar-refractivity contribution is 7.80. The zero-order valence-electron chi connectivity index (χ0n) is 34.7. The molecule has 5 rings (SSSR count). The molecule has 0 radical (unpaired) electrons. The van der Waals surface area contributed by atoms with Gasteiger partial charge in [0, 0.05) is 17.6 Å². The quantitative estimate of drug-likeness (QED) is 0.0789. The van der Waals surface area contributed by atoms with Crippen LogP contribution in [-0.4, -0.2) is 95.5 Å². The minimum Gasteiger partial charge on any atom is -0.489 e. The average molecular weight is 822 g/mol. The molecule has 0 aliphatic carbocycles. The largest absolute Gasteiger partial charge is 0.489 e. The number of hydrogen-bond donors (Lipinski definition) is 4. The Hall–Kier alpha value is -2.65. The summed E-state index contributed by atoms with van der Waals surface area (Å²) in [5.74, 6) is 0.959. The Morgan fingerprint density at radius 1 is 1.04 bits per heavy atom. The van der Waals surface area contributed by atoms with Gasteiger partial charge in [-0.2, -0.15) is 17.6 Å². The van der Waals surface area contributed by atoms with Crippen LogP contribution in [0.4, 0.5) is 16.3 Å². The van der Waals surface area contributed by atoms with Gasteiger partial charge in [0.05, 0.1) is 45.2 Å². The van der Waals surface area contributed by atoms with Gasteiger partial charge in [0.25, 0.3) is 0 Å². The van der Waals surface area contributed by atoms with E-state index in [1.807, 2.05) is 6.07 Å². The van der Waals surface area contributed by atoms with E-state index in [4.69, 9.17) is 32.5 Å². The van der Waals surface area contributed by atoms with Crippen LogP contribution in [-0.2, 0) is 23.1 Å². The van der Waals surface area contributed by atoms with Crippen molar-refractivity contribution >= 4 is 46.8 Å². The molecule has 2 saturated heterocycles. The van der Waals surface area contributed by atoms with Crippen molar-refractivity contribution in [3.05, 3.63) is 34.9 Å². The predicted molar refractivity (Wildman–Crippen MR) is 221 cm³/mol. The van der Waals surface area contributed by atoms with Crippen LogP contribution in [0.2, 0.25) is 36.3 Å². The second kappa shape index (κ2) is 16.3. The minimum atomic E-state index is -2.18. The zero-order chi connectivity index (χ0) is 40.6. The van der Waals surface area contributed by atoms with Gasteiger partial charge in [-0.15, -0.1) is 0 Å². The molecule has 3 atom stereocenters. The number of nitrogens with zero attached hydrogens (tertiary/aromatic N) is 2. The minimum absolute atomic E-state index is 0.00546. The van der Waals surface area contributed by atoms with E-state index in [-0.39, 0.29) is 59.2 Å². The van der Waals surface area contributed by atoms with Crippen molar-refractivity contribution in [3.63, 3.8) is 0 Å². The predicted octanol–water partition coefficient (Wildman–Crippen LogP) is 7.17. The number of fused-ring (bicyclic) bond motifs is 2. The van der Waals surface area contributed by atoms with E-state index in [1.54, 1.807) is 18.3 Å². The molecule has 17 heteroatoms. The number of hydrogen-bond acceptors (Lipinski definition) is 12. The standard InChI is InChI=1S/C38H63N5O9SSi2/c1-35(2,3)54(9,10)49-20-29-27(52-55(11,12)36(4,5)6)18-30(51-29)43-19-28-32(42-34(43)45)41-31-25(14-13-15-26(31)50-28)46-17-16-39-33(44)40-21-38(24-53)47-22-37(7,8)23-48-38/h13-15,19,27,29-30,53H,16-18,20-24H2,1-12H3,(H2,39,40,44)(H,41,42,45)/t27-,29+,30+/m0/s1. The van der Waals surface area contributed by atoms with Gasteiger partial charge in [-0.25, -0.2) is 9.59 Å². The third-order valence-corrected chi connectivity index (χ3v) is 20.9. The molecule has 0 unspecified atom stereocenters. The lowest BCUT2D eigenvalue weighted by molar-refractivity contribution is -0.281. The molecule has 1 aromatic carbocycles. The summed E-state index contributed by atoms with van der Waals surface area (Å²) in [4.78, 5) is 30.5. The molecule has 2 fully saturated rings. The van der Waals surface area contributed by atoms with Crippen LogP contribution in [0.15, 0.2) is 29.2 Å². The first-order valence-electron chi connectivity index (χ1n) is 19.2. The van der Waals surface area contributed by atoms with Crippen molar-refractivity contribution in [2.45, 2.75) is 122 Å². The van der Waals surface area contributed by atoms with Crippen LogP contribution in [0.1, 0.15) is 68.0 Å². The van der Waals surface area contributed by atoms with Gasteiger partial charge < -0.3 is 48.5 Å². The molecule has 4 heterocycles. The first-order valence-corrected chi connectivity index (χ1v) is 25.6. The van der Waals surface area contributed by atoms with Crippen molar-refractivity contribution < 1.29 is 37.3 Å². The normalized spacial score (nSPS) is 22.2. The lowest BCUT2D eigenvalue weighted by atomic mass is 9.95. The number of aromatic nitrogens is 2. The van der Waals surface area contributed by atoms with E-state index in [1.165, 1.54) is 4.57 Å². The average Bonchev–Trinajstić information content (AvgIpc) is 3.48. The number of ether oxygens (including phenoxy) is 5. The van der Waals surface area contributed by atoms with Gasteiger partial charge >= 0.3 is 11.7 Å². The van der Waals surface area contributed by atoms with Gasteiger partial charge in [0.2, 0.25) is 0 Å². The first kappa shape index (κ1) is 43.5. The lowest BCUT2D eigenvalue weighted by Crippen LogP contribution is -2.56. The molecular weight excluding hydrogens is 759 g/mol. The molecule has 3 N–H and O–H groups in total. The van der Waals surface area contributed by atoms with Crippen molar-refractivity contribution in [1.29, 1.82) is 0 Å². The lowest BCUT2D eigenvalue weighted by Gasteiger charge is -2.42. The molecule has 0 spiro atoms. The van der Waals surface area contributed by atoms with Gasteiger partial charge in [0.15, 0.2) is 39.7 Å². The summed E-state index contributed by atoms with van der Waals surface area (Å²) >= 11 is 4.38. The number of carbonyl (C=O) groups excluding carboxylic acids is 1. The van der Waals surface area contributed by atoms with Gasteiger partial charge in [0.1, 0.15) is 30.4 Å². The third-order valence-electron chi connectivity index (χ3n) is 11.4. The fourth-order valence-corrected chi connectivity index (χ4v) is 8.36. The van der Waals surface area contributed by atoms with Crippen molar-refractivity contribution in [2.75, 3.05) is 50.6 Å². The highest BCUT2D eigenvalue weighted by Gasteiger charge is 2.47. The Kier molecular flexibility index (Phi) is 12.9. The highest BCUT2D eigenvalue weighted by atomic mass is 32.1. The Bertz CT molecular complexity index is 1730. The highest BCUT2D eigenvalue weighted by Crippen LogP contribution is 2.46. The van der Waals surface area contributed by atoms with Crippen molar-refractivity contribution in [1.82, 2.24) is 20.2 Å². The third kappa shape index (κ3) is 10.3. The molecule has 14 nitrogen and oxygen atoms in total. The van der Waals surface area contributed by atoms with E-state index in [9.17, 15) is 9.59 Å². The molecule has 308 valence electrons. The van der Waals surface area contributed by atoms with Crippen LogP contribution in [0, 0.1) is 5.41 Å². The van der Waals surface area contributed by atoms with Crippen LogP contribution < -0.4 is 31.1 Å². The summed E-state index contributed by atoms with van der Waals surface area (Å²) < 4.78 is 45.8. The smallest absolute Gasteiger partial charge is 0.351 e. The Labute approximate surface area is 333 Å². The number of urea groups is 1. The van der Waals surface area contributed by atoms with Gasteiger partial charge in [-0.05, 0) is 48.4 Å². The van der Waals surface area contributed by atoms with E-state index < -0.39 is 34.3 Å². The van der Waals surface area contributed by atoms with Crippen LogP contribution in [0.5, 0.6) is 17.2 Å². The number of nitrogens with one attached hydrogen (secondary N) is 3. The SMILES string of the molecule is CC1(C)COC(CS)(CNC(=O)NCCOc2cccc3c2Nc2nc(=O)n([C@H]4C[C@H](O[Si](C)(C)C(C)(C)C)[C@@H](CO[Si](C)(C)C(C)(C)C)O4)cc2O3)OC1. The maximum atomic E-state index is 13.6. The first-order chi connectivity index (χ1) is 25.4. The number of rotatable bonds is 13. The van der Waals surface area contributed by atoms with E-state index in [0.29, 0.717) is 54.9 Å². The molecular formula is C38H63N5O9SSi2. The fraction of sp³-hybridized carbons (Fsp3) is 0.711. The van der Waals surface area contributed by atoms with E-state index >= 15 is 0 Å². The number of benzene rings is 1.